The highest BCUT2D eigenvalue weighted by Crippen LogP contribution is 2.22. The average Bonchev–Trinajstić information content (AvgIpc) is 3.03. The normalized spacial score (nSPS) is 11.5. The summed E-state index contributed by atoms with van der Waals surface area (Å²) in [6, 6.07) is 12.0. The summed E-state index contributed by atoms with van der Waals surface area (Å²) in [5, 5.41) is 2.05. The number of rotatable bonds is 7. The second-order valence-corrected chi connectivity index (χ2v) is 9.54. The fourth-order valence-corrected chi connectivity index (χ4v) is 3.86. The van der Waals surface area contributed by atoms with Crippen molar-refractivity contribution in [3.63, 3.8) is 0 Å². The number of hydrogen-bond donors (Lipinski definition) is 0. The fraction of sp³-hybridized carbons (Fsp3) is 0.478. The van der Waals surface area contributed by atoms with E-state index in [4.69, 9.17) is 0 Å². The predicted molar refractivity (Wildman–Crippen MR) is 116 cm³/mol. The minimum absolute atomic E-state index is 0.00261. The summed E-state index contributed by atoms with van der Waals surface area (Å²) in [6.45, 7) is 12.9. The van der Waals surface area contributed by atoms with E-state index in [1.54, 1.807) is 16.2 Å². The molecule has 152 valence electrons. The van der Waals surface area contributed by atoms with Crippen LogP contribution in [-0.2, 0) is 22.7 Å². The quantitative estimate of drug-likeness (QED) is 0.665. The van der Waals surface area contributed by atoms with E-state index >= 15 is 0 Å². The molecule has 0 saturated carbocycles. The van der Waals surface area contributed by atoms with Gasteiger partial charge < -0.3 is 9.80 Å². The third-order valence-electron chi connectivity index (χ3n) is 4.70. The Morgan fingerprint density at radius 3 is 2.18 bits per heavy atom. The summed E-state index contributed by atoms with van der Waals surface area (Å²) in [5.41, 5.74) is 1.77. The Labute approximate surface area is 173 Å². The molecule has 0 aliphatic rings. The Kier molecular flexibility index (Phi) is 7.41. The molecule has 1 aromatic heterocycles. The molecule has 0 aliphatic heterocycles. The Balaban J connectivity index is 2.23. The van der Waals surface area contributed by atoms with Gasteiger partial charge in [0, 0.05) is 22.9 Å². The van der Waals surface area contributed by atoms with Crippen molar-refractivity contribution in [2.45, 2.75) is 60.7 Å². The van der Waals surface area contributed by atoms with Crippen molar-refractivity contribution in [1.29, 1.82) is 0 Å². The van der Waals surface area contributed by atoms with Crippen molar-refractivity contribution in [3.8, 4) is 0 Å². The SMILES string of the molecule is Cc1ccsc1CN(Cc1ccccc1)C(=O)CN(C(=O)C(C)(C)C)C(C)C. The van der Waals surface area contributed by atoms with Gasteiger partial charge in [0.1, 0.15) is 6.54 Å². The standard InChI is InChI=1S/C23H32N2O2S/c1-17(2)25(22(27)23(4,5)6)16-21(26)24(14-19-10-8-7-9-11-19)15-20-18(3)12-13-28-20/h7-13,17H,14-16H2,1-6H3. The minimum Gasteiger partial charge on any atom is -0.332 e. The van der Waals surface area contributed by atoms with Crippen LogP contribution in [-0.4, -0.2) is 34.2 Å². The van der Waals surface area contributed by atoms with Gasteiger partial charge in [-0.2, -0.15) is 0 Å². The van der Waals surface area contributed by atoms with Gasteiger partial charge in [-0.05, 0) is 43.3 Å². The van der Waals surface area contributed by atoms with Gasteiger partial charge in [-0.3, -0.25) is 9.59 Å². The largest absolute Gasteiger partial charge is 0.332 e. The molecular formula is C23H32N2O2S. The summed E-state index contributed by atoms with van der Waals surface area (Å²) >= 11 is 1.67. The van der Waals surface area contributed by atoms with Crippen LogP contribution in [0.15, 0.2) is 41.8 Å². The number of hydrogen-bond acceptors (Lipinski definition) is 3. The van der Waals surface area contributed by atoms with Gasteiger partial charge in [-0.15, -0.1) is 11.3 Å². The van der Waals surface area contributed by atoms with E-state index in [0.29, 0.717) is 13.1 Å². The van der Waals surface area contributed by atoms with Crippen LogP contribution < -0.4 is 0 Å². The van der Waals surface area contributed by atoms with Gasteiger partial charge >= 0.3 is 0 Å². The van der Waals surface area contributed by atoms with E-state index in [9.17, 15) is 9.59 Å². The predicted octanol–water partition coefficient (Wildman–Crippen LogP) is 4.87. The Bertz CT molecular complexity index is 790. The summed E-state index contributed by atoms with van der Waals surface area (Å²) in [5.74, 6) is -0.0224. The number of carbonyl (C=O) groups is 2. The Hall–Kier alpha value is -2.14. The highest BCUT2D eigenvalue weighted by Gasteiger charge is 2.31. The molecule has 0 radical (unpaired) electrons. The fourth-order valence-electron chi connectivity index (χ4n) is 2.94. The highest BCUT2D eigenvalue weighted by molar-refractivity contribution is 7.10. The molecule has 0 atom stereocenters. The summed E-state index contributed by atoms with van der Waals surface area (Å²) in [6.07, 6.45) is 0. The summed E-state index contributed by atoms with van der Waals surface area (Å²) < 4.78 is 0. The van der Waals surface area contributed by atoms with Crippen LogP contribution in [0.3, 0.4) is 0 Å². The number of nitrogens with zero attached hydrogens (tertiary/aromatic N) is 2. The molecular weight excluding hydrogens is 368 g/mol. The van der Waals surface area contributed by atoms with E-state index < -0.39 is 5.41 Å². The summed E-state index contributed by atoms with van der Waals surface area (Å²) in [7, 11) is 0. The van der Waals surface area contributed by atoms with Crippen LogP contribution in [0, 0.1) is 12.3 Å². The maximum atomic E-state index is 13.3. The van der Waals surface area contributed by atoms with Crippen molar-refractivity contribution >= 4 is 23.2 Å². The minimum atomic E-state index is -0.515. The molecule has 0 unspecified atom stereocenters. The van der Waals surface area contributed by atoms with Crippen molar-refractivity contribution in [3.05, 3.63) is 57.8 Å². The third-order valence-corrected chi connectivity index (χ3v) is 5.71. The topological polar surface area (TPSA) is 40.6 Å². The lowest BCUT2D eigenvalue weighted by molar-refractivity contribution is -0.147. The number of carbonyl (C=O) groups excluding carboxylic acids is 2. The number of amides is 2. The zero-order chi connectivity index (χ0) is 20.9. The lowest BCUT2D eigenvalue weighted by Crippen LogP contribution is -2.49. The average molecular weight is 401 g/mol. The van der Waals surface area contributed by atoms with Crippen LogP contribution in [0.4, 0.5) is 0 Å². The molecule has 2 rings (SSSR count). The molecule has 0 spiro atoms. The molecule has 1 aromatic carbocycles. The van der Waals surface area contributed by atoms with Gasteiger partial charge in [-0.25, -0.2) is 0 Å². The van der Waals surface area contributed by atoms with E-state index in [1.165, 1.54) is 10.4 Å². The first-order valence-electron chi connectivity index (χ1n) is 9.75. The van der Waals surface area contributed by atoms with Crippen LogP contribution in [0.25, 0.3) is 0 Å². The van der Waals surface area contributed by atoms with Crippen LogP contribution in [0.2, 0.25) is 0 Å². The first-order chi connectivity index (χ1) is 13.1. The van der Waals surface area contributed by atoms with Gasteiger partial charge in [0.05, 0.1) is 6.54 Å². The second-order valence-electron chi connectivity index (χ2n) is 8.54. The number of benzene rings is 1. The molecule has 2 amide bonds. The third kappa shape index (κ3) is 5.93. The molecule has 0 fully saturated rings. The van der Waals surface area contributed by atoms with Crippen molar-refractivity contribution in [2.75, 3.05) is 6.54 Å². The number of aryl methyl sites for hydroxylation is 1. The smallest absolute Gasteiger partial charge is 0.242 e. The molecule has 0 N–H and O–H groups in total. The maximum Gasteiger partial charge on any atom is 0.242 e. The zero-order valence-electron chi connectivity index (χ0n) is 17.9. The molecule has 0 aliphatic carbocycles. The lowest BCUT2D eigenvalue weighted by Gasteiger charge is -2.34. The molecule has 4 nitrogen and oxygen atoms in total. The van der Waals surface area contributed by atoms with Crippen molar-refractivity contribution in [1.82, 2.24) is 9.80 Å². The van der Waals surface area contributed by atoms with Gasteiger partial charge in [-0.1, -0.05) is 51.1 Å². The molecule has 28 heavy (non-hydrogen) atoms. The van der Waals surface area contributed by atoms with Crippen LogP contribution in [0.5, 0.6) is 0 Å². The van der Waals surface area contributed by atoms with Crippen molar-refractivity contribution in [2.24, 2.45) is 5.41 Å². The molecule has 0 bridgehead atoms. The molecule has 5 heteroatoms. The first-order valence-corrected chi connectivity index (χ1v) is 10.6. The van der Waals surface area contributed by atoms with E-state index in [1.807, 2.05) is 69.9 Å². The summed E-state index contributed by atoms with van der Waals surface area (Å²) in [4.78, 5) is 30.9. The Morgan fingerprint density at radius 2 is 1.68 bits per heavy atom. The number of thiophene rings is 1. The van der Waals surface area contributed by atoms with Gasteiger partial charge in [0.2, 0.25) is 11.8 Å². The molecule has 2 aromatic rings. The molecule has 0 saturated heterocycles. The van der Waals surface area contributed by atoms with E-state index in [2.05, 4.69) is 18.4 Å². The Morgan fingerprint density at radius 1 is 1.04 bits per heavy atom. The second kappa shape index (κ2) is 9.37. The molecule has 1 heterocycles. The lowest BCUT2D eigenvalue weighted by atomic mass is 9.94. The van der Waals surface area contributed by atoms with E-state index in [-0.39, 0.29) is 24.4 Å². The highest BCUT2D eigenvalue weighted by atomic mass is 32.1. The van der Waals surface area contributed by atoms with E-state index in [0.717, 1.165) is 5.56 Å². The van der Waals surface area contributed by atoms with Crippen molar-refractivity contribution < 1.29 is 9.59 Å². The zero-order valence-corrected chi connectivity index (χ0v) is 18.7. The monoisotopic (exact) mass is 400 g/mol. The van der Waals surface area contributed by atoms with Gasteiger partial charge in [0.15, 0.2) is 0 Å². The van der Waals surface area contributed by atoms with Crippen LogP contribution in [0.1, 0.15) is 50.6 Å². The first kappa shape index (κ1) is 22.2. The maximum absolute atomic E-state index is 13.3. The van der Waals surface area contributed by atoms with Crippen LogP contribution >= 0.6 is 11.3 Å². The van der Waals surface area contributed by atoms with Gasteiger partial charge in [0.25, 0.3) is 0 Å².